The lowest BCUT2D eigenvalue weighted by molar-refractivity contribution is 0.471. The van der Waals surface area contributed by atoms with Crippen molar-refractivity contribution in [1.29, 1.82) is 0 Å². The molecule has 0 atom stereocenters. The van der Waals surface area contributed by atoms with E-state index >= 15 is 0 Å². The lowest BCUT2D eigenvalue weighted by atomic mass is 10.1. The minimum atomic E-state index is 0. The van der Waals surface area contributed by atoms with Gasteiger partial charge in [0, 0.05) is 20.6 Å². The van der Waals surface area contributed by atoms with Crippen molar-refractivity contribution in [1.82, 2.24) is 25.0 Å². The molecule has 0 aliphatic rings. The van der Waals surface area contributed by atoms with Gasteiger partial charge in [-0.15, -0.1) is 34.2 Å². The van der Waals surface area contributed by atoms with Gasteiger partial charge < -0.3 is 14.8 Å². The van der Waals surface area contributed by atoms with Crippen molar-refractivity contribution in [3.05, 3.63) is 82.9 Å². The topological polar surface area (TPSA) is 58.3 Å². The summed E-state index contributed by atoms with van der Waals surface area (Å²) in [5.74, 6) is 2.62. The van der Waals surface area contributed by atoms with E-state index in [-0.39, 0.29) is 24.0 Å². The summed E-state index contributed by atoms with van der Waals surface area (Å²) in [6.07, 6.45) is 0. The Morgan fingerprint density at radius 2 is 1.72 bits per heavy atom. The number of halogens is 1. The number of benzene rings is 2. The lowest BCUT2D eigenvalue weighted by Gasteiger charge is -2.23. The molecule has 154 valence electrons. The summed E-state index contributed by atoms with van der Waals surface area (Å²) in [4.78, 5) is 6.99. The van der Waals surface area contributed by atoms with Crippen LogP contribution in [0.3, 0.4) is 0 Å². The first-order valence-electron chi connectivity index (χ1n) is 9.47. The normalized spacial score (nSPS) is 11.1. The summed E-state index contributed by atoms with van der Waals surface area (Å²) in [7, 11) is 4.04. The molecule has 1 aromatic heterocycles. The Labute approximate surface area is 190 Å². The first-order chi connectivity index (χ1) is 13.5. The molecule has 0 bridgehead atoms. The second-order valence-electron chi connectivity index (χ2n) is 6.98. The van der Waals surface area contributed by atoms with Gasteiger partial charge in [-0.1, -0.05) is 54.6 Å². The van der Waals surface area contributed by atoms with Gasteiger partial charge in [-0.2, -0.15) is 0 Å². The van der Waals surface area contributed by atoms with Crippen LogP contribution in [0.4, 0.5) is 0 Å². The summed E-state index contributed by atoms with van der Waals surface area (Å²) in [6.45, 7) is 6.07. The van der Waals surface area contributed by atoms with Gasteiger partial charge >= 0.3 is 0 Å². The molecule has 1 N–H and O–H groups in total. The summed E-state index contributed by atoms with van der Waals surface area (Å²) in [6, 6.07) is 18.7. The van der Waals surface area contributed by atoms with E-state index in [0.717, 1.165) is 24.2 Å². The number of hydrogen-bond donors (Lipinski definition) is 1. The summed E-state index contributed by atoms with van der Waals surface area (Å²) < 4.78 is 1.99. The first kappa shape index (κ1) is 22.9. The third-order valence-corrected chi connectivity index (χ3v) is 4.87. The van der Waals surface area contributed by atoms with Crippen molar-refractivity contribution in [3.8, 4) is 0 Å². The smallest absolute Gasteiger partial charge is 0.194 e. The zero-order valence-corrected chi connectivity index (χ0v) is 19.8. The van der Waals surface area contributed by atoms with Crippen molar-refractivity contribution in [3.63, 3.8) is 0 Å². The number of hydrogen-bond acceptors (Lipinski definition) is 3. The molecular weight excluding hydrogens is 475 g/mol. The van der Waals surface area contributed by atoms with E-state index in [1.54, 1.807) is 0 Å². The van der Waals surface area contributed by atoms with E-state index in [1.807, 2.05) is 36.7 Å². The molecule has 1 heterocycles. The van der Waals surface area contributed by atoms with Crippen LogP contribution in [0.1, 0.15) is 28.3 Å². The number of rotatable bonds is 6. The molecule has 0 amide bonds. The maximum atomic E-state index is 4.85. The van der Waals surface area contributed by atoms with Gasteiger partial charge in [-0.25, -0.2) is 4.99 Å². The quantitative estimate of drug-likeness (QED) is 0.315. The molecule has 2 aromatic carbocycles. The van der Waals surface area contributed by atoms with Gasteiger partial charge in [0.2, 0.25) is 0 Å². The second kappa shape index (κ2) is 10.9. The van der Waals surface area contributed by atoms with Crippen LogP contribution in [0.2, 0.25) is 0 Å². The van der Waals surface area contributed by atoms with Crippen LogP contribution < -0.4 is 5.32 Å². The van der Waals surface area contributed by atoms with Crippen molar-refractivity contribution in [2.45, 2.75) is 33.5 Å². The molecule has 0 spiro atoms. The van der Waals surface area contributed by atoms with Crippen LogP contribution in [0.5, 0.6) is 0 Å². The molecule has 29 heavy (non-hydrogen) atoms. The molecule has 0 unspecified atom stereocenters. The minimum Gasteiger partial charge on any atom is -0.349 e. The van der Waals surface area contributed by atoms with E-state index < -0.39 is 0 Å². The van der Waals surface area contributed by atoms with Crippen LogP contribution in [-0.2, 0) is 26.7 Å². The number of nitrogens with zero attached hydrogens (tertiary/aromatic N) is 5. The van der Waals surface area contributed by atoms with Crippen LogP contribution in [0, 0.1) is 13.8 Å². The van der Waals surface area contributed by atoms with Crippen molar-refractivity contribution in [2.75, 3.05) is 7.05 Å². The Bertz CT molecular complexity index is 935. The van der Waals surface area contributed by atoms with E-state index in [0.29, 0.717) is 13.1 Å². The molecule has 0 fully saturated rings. The zero-order valence-electron chi connectivity index (χ0n) is 17.5. The Kier molecular flexibility index (Phi) is 8.63. The lowest BCUT2D eigenvalue weighted by Crippen LogP contribution is -2.38. The van der Waals surface area contributed by atoms with Crippen molar-refractivity contribution in [2.24, 2.45) is 12.0 Å². The standard InChI is InChI=1S/C22H28N6.HI/c1-17-10-8-9-13-20(17)16-27(3)22(23-14-19-11-6-5-7-12-19)24-15-21-26-25-18(2)28(21)4;/h5-13H,14-16H2,1-4H3,(H,23,24);1H. The zero-order chi connectivity index (χ0) is 19.9. The Balaban J connectivity index is 0.00000300. The SMILES string of the molecule is Cc1ccccc1CN(C)C(=NCc1ccccc1)NCc1nnc(C)n1C.I. The molecule has 0 saturated carbocycles. The van der Waals surface area contributed by atoms with E-state index in [1.165, 1.54) is 16.7 Å². The molecule has 3 aromatic rings. The fraction of sp³-hybridized carbons (Fsp3) is 0.318. The molecule has 0 aliphatic carbocycles. The van der Waals surface area contributed by atoms with Crippen molar-refractivity contribution >= 4 is 29.9 Å². The third-order valence-electron chi connectivity index (χ3n) is 4.87. The highest BCUT2D eigenvalue weighted by atomic mass is 127. The number of aromatic nitrogens is 3. The molecule has 0 radical (unpaired) electrons. The average molecular weight is 504 g/mol. The molecule has 6 nitrogen and oxygen atoms in total. The Morgan fingerprint density at radius 1 is 1.03 bits per heavy atom. The van der Waals surface area contributed by atoms with Crippen LogP contribution in [-0.4, -0.2) is 32.7 Å². The van der Waals surface area contributed by atoms with Crippen LogP contribution in [0.15, 0.2) is 59.6 Å². The van der Waals surface area contributed by atoms with Crippen LogP contribution >= 0.6 is 24.0 Å². The fourth-order valence-corrected chi connectivity index (χ4v) is 2.94. The molecule has 0 aliphatic heterocycles. The van der Waals surface area contributed by atoms with E-state index in [2.05, 4.69) is 70.8 Å². The molecular formula is C22H29IN6. The van der Waals surface area contributed by atoms with Gasteiger partial charge in [-0.3, -0.25) is 0 Å². The van der Waals surface area contributed by atoms with Crippen molar-refractivity contribution < 1.29 is 0 Å². The summed E-state index contributed by atoms with van der Waals surface area (Å²) >= 11 is 0. The van der Waals surface area contributed by atoms with Gasteiger partial charge in [0.1, 0.15) is 5.82 Å². The van der Waals surface area contributed by atoms with Gasteiger partial charge in [0.25, 0.3) is 0 Å². The number of aryl methyl sites for hydroxylation is 2. The molecule has 3 rings (SSSR count). The fourth-order valence-electron chi connectivity index (χ4n) is 2.94. The highest BCUT2D eigenvalue weighted by Crippen LogP contribution is 2.10. The highest BCUT2D eigenvalue weighted by molar-refractivity contribution is 14.0. The minimum absolute atomic E-state index is 0. The summed E-state index contributed by atoms with van der Waals surface area (Å²) in [5.41, 5.74) is 3.75. The largest absolute Gasteiger partial charge is 0.349 e. The van der Waals surface area contributed by atoms with Crippen LogP contribution in [0.25, 0.3) is 0 Å². The third kappa shape index (κ3) is 6.28. The number of nitrogens with one attached hydrogen (secondary N) is 1. The second-order valence-corrected chi connectivity index (χ2v) is 6.98. The predicted molar refractivity (Wildman–Crippen MR) is 128 cm³/mol. The predicted octanol–water partition coefficient (Wildman–Crippen LogP) is 3.83. The van der Waals surface area contributed by atoms with Gasteiger partial charge in [0.05, 0.1) is 13.1 Å². The maximum absolute atomic E-state index is 4.85. The Hall–Kier alpha value is -2.42. The van der Waals surface area contributed by atoms with Gasteiger partial charge in [-0.05, 0) is 30.5 Å². The van der Waals surface area contributed by atoms with E-state index in [4.69, 9.17) is 4.99 Å². The Morgan fingerprint density at radius 3 is 2.38 bits per heavy atom. The summed E-state index contributed by atoms with van der Waals surface area (Å²) in [5, 5.41) is 11.8. The maximum Gasteiger partial charge on any atom is 0.194 e. The monoisotopic (exact) mass is 504 g/mol. The molecule has 0 saturated heterocycles. The van der Waals surface area contributed by atoms with Gasteiger partial charge in [0.15, 0.2) is 11.8 Å². The number of aliphatic imine (C=N–C) groups is 1. The number of guanidine groups is 1. The highest BCUT2D eigenvalue weighted by Gasteiger charge is 2.11. The first-order valence-corrected chi connectivity index (χ1v) is 9.47. The van der Waals surface area contributed by atoms with E-state index in [9.17, 15) is 0 Å². The molecule has 7 heteroatoms. The average Bonchev–Trinajstić information content (AvgIpc) is 3.02.